The van der Waals surface area contributed by atoms with Crippen molar-refractivity contribution in [2.75, 3.05) is 20.8 Å². The monoisotopic (exact) mass is 256 g/mol. The van der Waals surface area contributed by atoms with Gasteiger partial charge in [0, 0.05) is 32.3 Å². The van der Waals surface area contributed by atoms with E-state index in [1.54, 1.807) is 14.2 Å². The molecule has 2 unspecified atom stereocenters. The van der Waals surface area contributed by atoms with Crippen LogP contribution in [0.3, 0.4) is 0 Å². The third-order valence-electron chi connectivity index (χ3n) is 4.16. The zero-order valence-electron chi connectivity index (χ0n) is 11.2. The zero-order chi connectivity index (χ0) is 12.4. The lowest BCUT2D eigenvalue weighted by Gasteiger charge is -2.31. The molecule has 0 amide bonds. The molecule has 0 heterocycles. The first-order valence-electron chi connectivity index (χ1n) is 6.61. The van der Waals surface area contributed by atoms with E-state index >= 15 is 0 Å². The van der Waals surface area contributed by atoms with Gasteiger partial charge >= 0.3 is 8.80 Å². The van der Waals surface area contributed by atoms with Gasteiger partial charge in [0.25, 0.3) is 0 Å². The predicted octanol–water partition coefficient (Wildman–Crippen LogP) is 3.00. The van der Waals surface area contributed by atoms with Crippen molar-refractivity contribution in [3.8, 4) is 0 Å². The summed E-state index contributed by atoms with van der Waals surface area (Å²) in [5.74, 6) is 0.797. The van der Waals surface area contributed by atoms with Gasteiger partial charge in [0.05, 0.1) is 0 Å². The molecule has 2 bridgehead atoms. The van der Waals surface area contributed by atoms with Gasteiger partial charge < -0.3 is 13.3 Å². The highest BCUT2D eigenvalue weighted by Gasteiger charge is 2.45. The Bertz CT molecular complexity index is 288. The number of hydrogen-bond acceptors (Lipinski definition) is 3. The minimum Gasteiger partial charge on any atom is -0.377 e. The highest BCUT2D eigenvalue weighted by molar-refractivity contribution is 6.60. The second-order valence-electron chi connectivity index (χ2n) is 5.35. The highest BCUT2D eigenvalue weighted by atomic mass is 28.4. The van der Waals surface area contributed by atoms with E-state index in [9.17, 15) is 0 Å². The van der Waals surface area contributed by atoms with E-state index in [1.165, 1.54) is 19.3 Å². The van der Waals surface area contributed by atoms with E-state index < -0.39 is 8.80 Å². The average Bonchev–Trinajstić information content (AvgIpc) is 2.95. The van der Waals surface area contributed by atoms with Crippen LogP contribution in [0.15, 0.2) is 12.2 Å². The molecule has 0 aromatic rings. The molecule has 0 radical (unpaired) electrons. The minimum absolute atomic E-state index is 0.285. The second-order valence-corrected chi connectivity index (χ2v) is 8.33. The largest absolute Gasteiger partial charge is 0.500 e. The standard InChI is InChI=1S/C13H24O3Si/c1-4-9-17(14-2,15-3)16-11-13-7-5-12(10-13)6-8-13/h5,7,12H,4,6,8-11H2,1-3H3. The molecule has 2 atom stereocenters. The number of allylic oxidation sites excluding steroid dienone is 1. The van der Waals surface area contributed by atoms with Gasteiger partial charge in [-0.05, 0) is 25.2 Å². The molecule has 3 nitrogen and oxygen atoms in total. The molecular weight excluding hydrogens is 232 g/mol. The molecule has 0 spiro atoms. The van der Waals surface area contributed by atoms with Crippen molar-refractivity contribution in [2.45, 2.75) is 38.7 Å². The van der Waals surface area contributed by atoms with E-state index in [1.807, 2.05) is 0 Å². The third kappa shape index (κ3) is 2.65. The van der Waals surface area contributed by atoms with Gasteiger partial charge in [0.1, 0.15) is 0 Å². The van der Waals surface area contributed by atoms with Gasteiger partial charge in [0.2, 0.25) is 0 Å². The summed E-state index contributed by atoms with van der Waals surface area (Å²) in [6.07, 6.45) is 9.60. The van der Waals surface area contributed by atoms with Gasteiger partial charge in [0.15, 0.2) is 0 Å². The van der Waals surface area contributed by atoms with Crippen molar-refractivity contribution < 1.29 is 13.3 Å². The lowest BCUT2D eigenvalue weighted by atomic mass is 9.89. The number of hydrogen-bond donors (Lipinski definition) is 0. The van der Waals surface area contributed by atoms with Crippen LogP contribution in [0.2, 0.25) is 6.04 Å². The average molecular weight is 256 g/mol. The Labute approximate surface area is 106 Å². The van der Waals surface area contributed by atoms with Gasteiger partial charge in [-0.3, -0.25) is 0 Å². The summed E-state index contributed by atoms with van der Waals surface area (Å²) in [6.45, 7) is 2.91. The maximum absolute atomic E-state index is 6.12. The van der Waals surface area contributed by atoms with Gasteiger partial charge in [-0.1, -0.05) is 25.5 Å². The maximum atomic E-state index is 6.12. The third-order valence-corrected chi connectivity index (χ3v) is 7.10. The van der Waals surface area contributed by atoms with Crippen molar-refractivity contribution in [1.29, 1.82) is 0 Å². The Morgan fingerprint density at radius 1 is 1.35 bits per heavy atom. The van der Waals surface area contributed by atoms with Crippen molar-refractivity contribution >= 4 is 8.80 Å². The van der Waals surface area contributed by atoms with Crippen LogP contribution in [0.25, 0.3) is 0 Å². The quantitative estimate of drug-likeness (QED) is 0.518. The maximum Gasteiger partial charge on any atom is 0.500 e. The minimum atomic E-state index is -2.39. The number of rotatable bonds is 7. The molecule has 0 aliphatic heterocycles. The Balaban J connectivity index is 1.93. The van der Waals surface area contributed by atoms with Crippen molar-refractivity contribution in [2.24, 2.45) is 11.3 Å². The molecule has 1 saturated carbocycles. The van der Waals surface area contributed by atoms with E-state index in [-0.39, 0.29) is 5.41 Å². The van der Waals surface area contributed by atoms with Gasteiger partial charge in [-0.15, -0.1) is 0 Å². The summed E-state index contributed by atoms with van der Waals surface area (Å²) >= 11 is 0. The summed E-state index contributed by atoms with van der Waals surface area (Å²) in [6, 6.07) is 0.906. The fraction of sp³-hybridized carbons (Fsp3) is 0.846. The normalized spacial score (nSPS) is 31.4. The Kier molecular flexibility index (Phi) is 4.08. The van der Waals surface area contributed by atoms with Crippen LogP contribution >= 0.6 is 0 Å². The molecule has 17 heavy (non-hydrogen) atoms. The highest BCUT2D eigenvalue weighted by Crippen LogP contribution is 2.49. The number of fused-ring (bicyclic) bond motifs is 2. The second kappa shape index (κ2) is 5.22. The van der Waals surface area contributed by atoms with Crippen LogP contribution < -0.4 is 0 Å². The van der Waals surface area contributed by atoms with Crippen molar-refractivity contribution in [1.82, 2.24) is 0 Å². The first-order valence-corrected chi connectivity index (χ1v) is 8.54. The summed E-state index contributed by atoms with van der Waals surface area (Å²) < 4.78 is 17.2. The SMILES string of the molecule is CCC[Si](OC)(OC)OCC12C=CC(CC1)C2. The molecule has 0 saturated heterocycles. The molecule has 2 aliphatic rings. The molecule has 2 aliphatic carbocycles. The first kappa shape index (κ1) is 13.3. The van der Waals surface area contributed by atoms with E-state index in [0.717, 1.165) is 25.0 Å². The summed E-state index contributed by atoms with van der Waals surface area (Å²) in [7, 11) is 1.04. The summed E-state index contributed by atoms with van der Waals surface area (Å²) in [5.41, 5.74) is 0.285. The van der Waals surface area contributed by atoms with E-state index in [0.29, 0.717) is 0 Å². The first-order chi connectivity index (χ1) is 8.17. The fourth-order valence-corrected chi connectivity index (χ4v) is 5.15. The van der Waals surface area contributed by atoms with Crippen molar-refractivity contribution in [3.63, 3.8) is 0 Å². The van der Waals surface area contributed by atoms with E-state index in [4.69, 9.17) is 13.3 Å². The molecule has 0 aromatic carbocycles. The smallest absolute Gasteiger partial charge is 0.377 e. The van der Waals surface area contributed by atoms with Crippen LogP contribution in [-0.2, 0) is 13.3 Å². The molecule has 98 valence electrons. The molecule has 2 rings (SSSR count). The molecule has 0 N–H and O–H groups in total. The topological polar surface area (TPSA) is 27.7 Å². The van der Waals surface area contributed by atoms with Crippen LogP contribution in [0.5, 0.6) is 0 Å². The summed E-state index contributed by atoms with van der Waals surface area (Å²) in [5, 5.41) is 0. The molecular formula is C13H24O3Si. The van der Waals surface area contributed by atoms with Crippen LogP contribution in [0.1, 0.15) is 32.6 Å². The molecule has 4 heteroatoms. The van der Waals surface area contributed by atoms with Crippen molar-refractivity contribution in [3.05, 3.63) is 12.2 Å². The van der Waals surface area contributed by atoms with Gasteiger partial charge in [-0.2, -0.15) is 0 Å². The summed E-state index contributed by atoms with van der Waals surface area (Å²) in [4.78, 5) is 0. The Morgan fingerprint density at radius 3 is 2.53 bits per heavy atom. The van der Waals surface area contributed by atoms with Crippen LogP contribution in [-0.4, -0.2) is 29.6 Å². The van der Waals surface area contributed by atoms with Crippen LogP contribution in [0, 0.1) is 11.3 Å². The Hall–Kier alpha value is -0.163. The Morgan fingerprint density at radius 2 is 2.12 bits per heavy atom. The zero-order valence-corrected chi connectivity index (χ0v) is 12.2. The lowest BCUT2D eigenvalue weighted by Crippen LogP contribution is -2.45. The van der Waals surface area contributed by atoms with Crippen LogP contribution in [0.4, 0.5) is 0 Å². The van der Waals surface area contributed by atoms with E-state index in [2.05, 4.69) is 19.1 Å². The fourth-order valence-electron chi connectivity index (χ4n) is 3.07. The molecule has 0 aromatic heterocycles. The predicted molar refractivity (Wildman–Crippen MR) is 69.7 cm³/mol. The lowest BCUT2D eigenvalue weighted by molar-refractivity contribution is 0.0662. The van der Waals surface area contributed by atoms with Gasteiger partial charge in [-0.25, -0.2) is 0 Å². The molecule has 1 fully saturated rings.